The predicted molar refractivity (Wildman–Crippen MR) is 148 cm³/mol. The summed E-state index contributed by atoms with van der Waals surface area (Å²) in [5, 5.41) is 6.78. The number of rotatable bonds is 5. The molecule has 3 aromatic heterocycles. The fourth-order valence-electron chi connectivity index (χ4n) is 4.40. The van der Waals surface area contributed by atoms with Crippen LogP contribution in [0.1, 0.15) is 31.1 Å². The summed E-state index contributed by atoms with van der Waals surface area (Å²) >= 11 is 0. The number of benzene rings is 1. The third kappa shape index (κ3) is 6.01. The van der Waals surface area contributed by atoms with Gasteiger partial charge in [0.1, 0.15) is 5.82 Å². The molecule has 1 amide bonds. The van der Waals surface area contributed by atoms with Gasteiger partial charge in [0.05, 0.1) is 11.4 Å². The Labute approximate surface area is 218 Å². The topological polar surface area (TPSA) is 83.0 Å². The van der Waals surface area contributed by atoms with Crippen LogP contribution in [0.3, 0.4) is 0 Å². The molecular formula is C30H32N6O. The Morgan fingerprint density at radius 3 is 2.27 bits per heavy atom. The molecule has 5 rings (SSSR count). The predicted octanol–water partition coefficient (Wildman–Crippen LogP) is 5.13. The van der Waals surface area contributed by atoms with Crippen molar-refractivity contribution >= 4 is 11.7 Å². The van der Waals surface area contributed by atoms with Crippen LogP contribution < -0.4 is 10.6 Å². The Bertz CT molecular complexity index is 1370. The third-order valence-corrected chi connectivity index (χ3v) is 6.20. The monoisotopic (exact) mass is 492 g/mol. The van der Waals surface area contributed by atoms with Gasteiger partial charge in [0.25, 0.3) is 5.91 Å². The summed E-state index contributed by atoms with van der Waals surface area (Å²) in [6, 6.07) is 19.9. The quantitative estimate of drug-likeness (QED) is 0.402. The minimum absolute atomic E-state index is 0.0811. The van der Waals surface area contributed by atoms with Crippen LogP contribution in [0.5, 0.6) is 0 Å². The highest BCUT2D eigenvalue weighted by Crippen LogP contribution is 2.30. The normalized spacial score (nSPS) is 13.9. The summed E-state index contributed by atoms with van der Waals surface area (Å²) in [6.45, 7) is 9.50. The Balaban J connectivity index is 1.46. The molecule has 1 aliphatic rings. The van der Waals surface area contributed by atoms with Crippen LogP contribution in [-0.2, 0) is 0 Å². The fraction of sp³-hybridized carbons (Fsp3) is 0.267. The Kier molecular flexibility index (Phi) is 6.97. The van der Waals surface area contributed by atoms with E-state index in [-0.39, 0.29) is 11.4 Å². The van der Waals surface area contributed by atoms with E-state index in [2.05, 4.69) is 47.4 Å². The van der Waals surface area contributed by atoms with Crippen LogP contribution in [-0.4, -0.2) is 57.5 Å². The molecule has 1 fully saturated rings. The summed E-state index contributed by atoms with van der Waals surface area (Å²) in [5.74, 6) is 0.865. The van der Waals surface area contributed by atoms with Crippen molar-refractivity contribution in [2.24, 2.45) is 0 Å². The van der Waals surface area contributed by atoms with Crippen molar-refractivity contribution in [1.82, 2.24) is 25.2 Å². The number of amides is 1. The molecule has 1 aromatic carbocycles. The molecule has 0 unspecified atom stereocenters. The second kappa shape index (κ2) is 10.5. The zero-order valence-corrected chi connectivity index (χ0v) is 21.5. The van der Waals surface area contributed by atoms with Crippen LogP contribution in [0.25, 0.3) is 33.6 Å². The lowest BCUT2D eigenvalue weighted by atomic mass is 10.00. The van der Waals surface area contributed by atoms with E-state index < -0.39 is 0 Å². The summed E-state index contributed by atoms with van der Waals surface area (Å²) < 4.78 is 0. The number of piperazine rings is 1. The van der Waals surface area contributed by atoms with Crippen molar-refractivity contribution in [3.63, 3.8) is 0 Å². The van der Waals surface area contributed by atoms with Gasteiger partial charge in [0.2, 0.25) is 0 Å². The maximum Gasteiger partial charge on any atom is 0.253 e. The number of nitrogens with one attached hydrogen (secondary N) is 2. The van der Waals surface area contributed by atoms with Gasteiger partial charge in [0, 0.05) is 67.0 Å². The second-order valence-corrected chi connectivity index (χ2v) is 10.3. The molecule has 1 saturated heterocycles. The number of aromatic nitrogens is 3. The first-order chi connectivity index (χ1) is 17.9. The van der Waals surface area contributed by atoms with Crippen molar-refractivity contribution < 1.29 is 4.79 Å². The molecule has 0 atom stereocenters. The first-order valence-electron chi connectivity index (χ1n) is 12.6. The summed E-state index contributed by atoms with van der Waals surface area (Å²) in [6.07, 6.45) is 5.50. The third-order valence-electron chi connectivity index (χ3n) is 6.20. The summed E-state index contributed by atoms with van der Waals surface area (Å²) in [7, 11) is 0. The lowest BCUT2D eigenvalue weighted by Crippen LogP contribution is -2.46. The van der Waals surface area contributed by atoms with E-state index in [1.54, 1.807) is 6.20 Å². The number of nitrogens with zero attached hydrogens (tertiary/aromatic N) is 4. The van der Waals surface area contributed by atoms with Crippen molar-refractivity contribution in [3.8, 4) is 33.6 Å². The number of carbonyl (C=O) groups is 1. The number of anilines is 1. The van der Waals surface area contributed by atoms with Crippen molar-refractivity contribution in [1.29, 1.82) is 0 Å². The van der Waals surface area contributed by atoms with Gasteiger partial charge in [-0.15, -0.1) is 0 Å². The Morgan fingerprint density at radius 1 is 0.865 bits per heavy atom. The van der Waals surface area contributed by atoms with Crippen LogP contribution in [0, 0.1) is 0 Å². The minimum Gasteiger partial charge on any atom is -0.365 e. The number of hydrogen-bond acceptors (Lipinski definition) is 6. The highest BCUT2D eigenvalue weighted by molar-refractivity contribution is 5.95. The molecule has 7 heteroatoms. The molecule has 188 valence electrons. The van der Waals surface area contributed by atoms with Gasteiger partial charge in [0.15, 0.2) is 0 Å². The van der Waals surface area contributed by atoms with Crippen molar-refractivity contribution in [2.45, 2.75) is 26.3 Å². The zero-order chi connectivity index (χ0) is 25.8. The lowest BCUT2D eigenvalue weighted by Gasteiger charge is -2.27. The minimum atomic E-state index is -0.142. The standard InChI is InChI=1S/C30H32N6O/c1-30(2,3)35-28-18-23(17-27(34-28)26-6-4-5-11-33-26)25-16-24(19-32-20-25)21-7-9-22(10-8-21)29(37)36-14-12-31-13-15-36/h4-11,16-20,31H,12-15H2,1-3H3,(H,34,35). The van der Waals surface area contributed by atoms with Gasteiger partial charge < -0.3 is 15.5 Å². The number of pyridine rings is 3. The maximum atomic E-state index is 12.8. The molecule has 0 radical (unpaired) electrons. The molecule has 0 aliphatic carbocycles. The molecule has 0 saturated carbocycles. The summed E-state index contributed by atoms with van der Waals surface area (Å²) in [5.41, 5.74) is 6.16. The van der Waals surface area contributed by atoms with E-state index in [9.17, 15) is 4.79 Å². The molecule has 4 heterocycles. The van der Waals surface area contributed by atoms with Crippen LogP contribution in [0.15, 0.2) is 79.3 Å². The number of hydrogen-bond donors (Lipinski definition) is 2. The SMILES string of the molecule is CC(C)(C)Nc1cc(-c2cncc(-c3ccc(C(=O)N4CCNCC4)cc3)c2)cc(-c2ccccn2)n1. The Hall–Kier alpha value is -4.10. The molecule has 0 bridgehead atoms. The van der Waals surface area contributed by atoms with Crippen molar-refractivity contribution in [2.75, 3.05) is 31.5 Å². The van der Waals surface area contributed by atoms with Crippen LogP contribution >= 0.6 is 0 Å². The smallest absolute Gasteiger partial charge is 0.253 e. The van der Waals surface area contributed by atoms with E-state index in [0.717, 1.165) is 65.6 Å². The Morgan fingerprint density at radius 2 is 1.59 bits per heavy atom. The van der Waals surface area contributed by atoms with Crippen LogP contribution in [0.2, 0.25) is 0 Å². The molecule has 0 spiro atoms. The summed E-state index contributed by atoms with van der Waals surface area (Å²) in [4.78, 5) is 28.6. The maximum absolute atomic E-state index is 12.8. The highest BCUT2D eigenvalue weighted by atomic mass is 16.2. The van der Waals surface area contributed by atoms with E-state index in [1.807, 2.05) is 71.9 Å². The second-order valence-electron chi connectivity index (χ2n) is 10.3. The molecular weight excluding hydrogens is 460 g/mol. The molecule has 7 nitrogen and oxygen atoms in total. The van der Waals surface area contributed by atoms with Gasteiger partial charge in [-0.3, -0.25) is 14.8 Å². The van der Waals surface area contributed by atoms with E-state index >= 15 is 0 Å². The van der Waals surface area contributed by atoms with Gasteiger partial charge in [-0.05, 0) is 74.4 Å². The fourth-order valence-corrected chi connectivity index (χ4v) is 4.40. The van der Waals surface area contributed by atoms with E-state index in [0.29, 0.717) is 5.56 Å². The van der Waals surface area contributed by atoms with Gasteiger partial charge in [-0.25, -0.2) is 4.98 Å². The van der Waals surface area contributed by atoms with E-state index in [1.165, 1.54) is 0 Å². The molecule has 1 aliphatic heterocycles. The highest BCUT2D eigenvalue weighted by Gasteiger charge is 2.18. The first kappa shape index (κ1) is 24.6. The van der Waals surface area contributed by atoms with Gasteiger partial charge in [-0.2, -0.15) is 0 Å². The van der Waals surface area contributed by atoms with E-state index in [4.69, 9.17) is 4.98 Å². The van der Waals surface area contributed by atoms with Crippen molar-refractivity contribution in [3.05, 3.63) is 84.8 Å². The number of carbonyl (C=O) groups excluding carboxylic acids is 1. The zero-order valence-electron chi connectivity index (χ0n) is 21.5. The molecule has 4 aromatic rings. The average molecular weight is 493 g/mol. The van der Waals surface area contributed by atoms with Crippen LogP contribution in [0.4, 0.5) is 5.82 Å². The molecule has 37 heavy (non-hydrogen) atoms. The largest absolute Gasteiger partial charge is 0.365 e. The van der Waals surface area contributed by atoms with Gasteiger partial charge >= 0.3 is 0 Å². The van der Waals surface area contributed by atoms with Gasteiger partial charge in [-0.1, -0.05) is 18.2 Å². The lowest BCUT2D eigenvalue weighted by molar-refractivity contribution is 0.0736. The average Bonchev–Trinajstić information content (AvgIpc) is 2.93. The molecule has 2 N–H and O–H groups in total. The first-order valence-corrected chi connectivity index (χ1v) is 12.6.